The minimum atomic E-state index is -0.251. The smallest absolute Gasteiger partial charge is 0.267 e. The second-order valence-corrected chi connectivity index (χ2v) is 4.59. The van der Waals surface area contributed by atoms with E-state index >= 15 is 0 Å². The maximum absolute atomic E-state index is 11.7. The lowest BCUT2D eigenvalue weighted by atomic mass is 10.2. The highest BCUT2D eigenvalue weighted by atomic mass is 32.2. The maximum atomic E-state index is 11.7. The van der Waals surface area contributed by atoms with Crippen LogP contribution in [0.15, 0.2) is 58.8 Å². The van der Waals surface area contributed by atoms with E-state index in [0.29, 0.717) is 5.56 Å². The van der Waals surface area contributed by atoms with E-state index in [1.54, 1.807) is 42.5 Å². The monoisotopic (exact) mass is 271 g/mol. The molecule has 1 heterocycles. The maximum Gasteiger partial charge on any atom is 0.271 e. The van der Waals surface area contributed by atoms with Gasteiger partial charge in [0.05, 0.1) is 6.21 Å². The summed E-state index contributed by atoms with van der Waals surface area (Å²) in [5, 5.41) is 3.92. The first-order chi connectivity index (χ1) is 9.29. The Balaban J connectivity index is 1.94. The third kappa shape index (κ3) is 3.93. The van der Waals surface area contributed by atoms with Gasteiger partial charge in [0.25, 0.3) is 5.91 Å². The zero-order chi connectivity index (χ0) is 13.5. The summed E-state index contributed by atoms with van der Waals surface area (Å²) in [6, 6.07) is 11.2. The molecule has 0 aliphatic carbocycles. The van der Waals surface area contributed by atoms with Crippen LogP contribution in [0.4, 0.5) is 0 Å². The molecule has 1 aromatic carbocycles. The minimum absolute atomic E-state index is 0.251. The molecule has 1 amide bonds. The predicted molar refractivity (Wildman–Crippen MR) is 77.5 cm³/mol. The van der Waals surface area contributed by atoms with Crippen molar-refractivity contribution < 1.29 is 4.79 Å². The second kappa shape index (κ2) is 6.70. The molecule has 1 N–H and O–H groups in total. The third-order valence-electron chi connectivity index (χ3n) is 2.44. The SMILES string of the molecule is CSc1ccc(C=NNC(=O)c2ccncc2)cc1. The lowest BCUT2D eigenvalue weighted by Crippen LogP contribution is -2.17. The molecule has 0 bridgehead atoms. The van der Waals surface area contributed by atoms with Crippen molar-refractivity contribution in [3.8, 4) is 0 Å². The van der Waals surface area contributed by atoms with Gasteiger partial charge in [-0.1, -0.05) is 12.1 Å². The molecule has 1 aromatic heterocycles. The van der Waals surface area contributed by atoms with Crippen molar-refractivity contribution in [2.75, 3.05) is 6.26 Å². The van der Waals surface area contributed by atoms with E-state index in [-0.39, 0.29) is 5.91 Å². The Morgan fingerprint density at radius 3 is 2.53 bits per heavy atom. The fourth-order valence-corrected chi connectivity index (χ4v) is 1.83. The molecule has 0 atom stereocenters. The Labute approximate surface area is 116 Å². The number of hydrogen-bond donors (Lipinski definition) is 1. The molecule has 19 heavy (non-hydrogen) atoms. The summed E-state index contributed by atoms with van der Waals surface area (Å²) >= 11 is 1.68. The fourth-order valence-electron chi connectivity index (χ4n) is 1.42. The number of rotatable bonds is 4. The van der Waals surface area contributed by atoms with Crippen molar-refractivity contribution in [2.24, 2.45) is 5.10 Å². The van der Waals surface area contributed by atoms with E-state index in [0.717, 1.165) is 5.56 Å². The van der Waals surface area contributed by atoms with E-state index in [9.17, 15) is 4.79 Å². The number of amides is 1. The number of thioether (sulfide) groups is 1. The number of nitrogens with one attached hydrogen (secondary N) is 1. The number of nitrogens with zero attached hydrogens (tertiary/aromatic N) is 2. The number of carbonyl (C=O) groups excluding carboxylic acids is 1. The second-order valence-electron chi connectivity index (χ2n) is 3.71. The molecule has 0 aliphatic rings. The van der Waals surface area contributed by atoms with Gasteiger partial charge in [-0.3, -0.25) is 9.78 Å². The first-order valence-corrected chi connectivity index (χ1v) is 6.89. The van der Waals surface area contributed by atoms with Gasteiger partial charge in [0, 0.05) is 22.9 Å². The van der Waals surface area contributed by atoms with Gasteiger partial charge in [0.1, 0.15) is 0 Å². The molecule has 2 aromatic rings. The molecule has 0 unspecified atom stereocenters. The standard InChI is InChI=1S/C14H13N3OS/c1-19-13-4-2-11(3-5-13)10-16-17-14(18)12-6-8-15-9-7-12/h2-10H,1H3,(H,17,18). The van der Waals surface area contributed by atoms with E-state index < -0.39 is 0 Å². The minimum Gasteiger partial charge on any atom is -0.267 e. The van der Waals surface area contributed by atoms with Crippen LogP contribution in [0.1, 0.15) is 15.9 Å². The van der Waals surface area contributed by atoms with Crippen LogP contribution < -0.4 is 5.43 Å². The molecule has 0 saturated carbocycles. The molecule has 0 fully saturated rings. The first kappa shape index (κ1) is 13.3. The van der Waals surface area contributed by atoms with Crippen LogP contribution in [0, 0.1) is 0 Å². The van der Waals surface area contributed by atoms with Crippen molar-refractivity contribution in [1.82, 2.24) is 10.4 Å². The highest BCUT2D eigenvalue weighted by Gasteiger charge is 2.01. The number of carbonyl (C=O) groups is 1. The Kier molecular flexibility index (Phi) is 4.69. The van der Waals surface area contributed by atoms with Gasteiger partial charge >= 0.3 is 0 Å². The summed E-state index contributed by atoms with van der Waals surface area (Å²) in [6.07, 6.45) is 6.78. The molecule has 5 heteroatoms. The molecule has 2 rings (SSSR count). The van der Waals surface area contributed by atoms with Gasteiger partial charge in [-0.05, 0) is 36.1 Å². The average molecular weight is 271 g/mol. The Morgan fingerprint density at radius 2 is 1.89 bits per heavy atom. The summed E-state index contributed by atoms with van der Waals surface area (Å²) in [5.74, 6) is -0.251. The molecular formula is C14H13N3OS. The van der Waals surface area contributed by atoms with Gasteiger partial charge < -0.3 is 0 Å². The summed E-state index contributed by atoms with van der Waals surface area (Å²) in [6.45, 7) is 0. The van der Waals surface area contributed by atoms with Crippen LogP contribution >= 0.6 is 11.8 Å². The topological polar surface area (TPSA) is 54.4 Å². The quantitative estimate of drug-likeness (QED) is 0.528. The zero-order valence-corrected chi connectivity index (χ0v) is 11.2. The third-order valence-corrected chi connectivity index (χ3v) is 3.18. The van der Waals surface area contributed by atoms with Gasteiger partial charge in [-0.2, -0.15) is 5.10 Å². The number of hydrazone groups is 1. The van der Waals surface area contributed by atoms with Crippen LogP contribution in [-0.4, -0.2) is 23.4 Å². The first-order valence-electron chi connectivity index (χ1n) is 5.67. The van der Waals surface area contributed by atoms with Crippen LogP contribution in [0.2, 0.25) is 0 Å². The van der Waals surface area contributed by atoms with Crippen molar-refractivity contribution in [2.45, 2.75) is 4.90 Å². The molecular weight excluding hydrogens is 258 g/mol. The Bertz CT molecular complexity index is 567. The number of benzene rings is 1. The predicted octanol–water partition coefficient (Wildman–Crippen LogP) is 2.57. The number of aromatic nitrogens is 1. The average Bonchev–Trinajstić information content (AvgIpc) is 2.49. The summed E-state index contributed by atoms with van der Waals surface area (Å²) < 4.78 is 0. The number of pyridine rings is 1. The number of hydrogen-bond acceptors (Lipinski definition) is 4. The van der Waals surface area contributed by atoms with E-state index in [1.807, 2.05) is 30.5 Å². The lowest BCUT2D eigenvalue weighted by molar-refractivity contribution is 0.0955. The van der Waals surface area contributed by atoms with Crippen molar-refractivity contribution in [3.63, 3.8) is 0 Å². The van der Waals surface area contributed by atoms with Crippen LogP contribution in [0.5, 0.6) is 0 Å². The van der Waals surface area contributed by atoms with Gasteiger partial charge in [-0.15, -0.1) is 11.8 Å². The largest absolute Gasteiger partial charge is 0.271 e. The van der Waals surface area contributed by atoms with Crippen molar-refractivity contribution in [3.05, 3.63) is 59.9 Å². The molecule has 0 radical (unpaired) electrons. The Morgan fingerprint density at radius 1 is 1.21 bits per heavy atom. The molecule has 4 nitrogen and oxygen atoms in total. The van der Waals surface area contributed by atoms with E-state index in [4.69, 9.17) is 0 Å². The van der Waals surface area contributed by atoms with E-state index in [2.05, 4.69) is 15.5 Å². The molecule has 96 valence electrons. The van der Waals surface area contributed by atoms with E-state index in [1.165, 1.54) is 4.90 Å². The van der Waals surface area contributed by atoms with Gasteiger partial charge in [-0.25, -0.2) is 5.43 Å². The molecule has 0 saturated heterocycles. The van der Waals surface area contributed by atoms with Gasteiger partial charge in [0.15, 0.2) is 0 Å². The molecule has 0 aliphatic heterocycles. The zero-order valence-electron chi connectivity index (χ0n) is 10.4. The van der Waals surface area contributed by atoms with Crippen LogP contribution in [0.25, 0.3) is 0 Å². The fraction of sp³-hybridized carbons (Fsp3) is 0.0714. The highest BCUT2D eigenvalue weighted by Crippen LogP contribution is 2.13. The normalized spacial score (nSPS) is 10.6. The van der Waals surface area contributed by atoms with Crippen LogP contribution in [-0.2, 0) is 0 Å². The lowest BCUT2D eigenvalue weighted by Gasteiger charge is -1.99. The summed E-state index contributed by atoms with van der Waals surface area (Å²) in [7, 11) is 0. The van der Waals surface area contributed by atoms with Gasteiger partial charge in [0.2, 0.25) is 0 Å². The van der Waals surface area contributed by atoms with Crippen LogP contribution in [0.3, 0.4) is 0 Å². The summed E-state index contributed by atoms with van der Waals surface area (Å²) in [4.78, 5) is 16.7. The van der Waals surface area contributed by atoms with Crippen molar-refractivity contribution >= 4 is 23.9 Å². The summed E-state index contributed by atoms with van der Waals surface area (Å²) in [5.41, 5.74) is 3.94. The van der Waals surface area contributed by atoms with Crippen molar-refractivity contribution in [1.29, 1.82) is 0 Å². The molecule has 0 spiro atoms. The Hall–Kier alpha value is -2.14. The highest BCUT2D eigenvalue weighted by molar-refractivity contribution is 7.98.